The Kier molecular flexibility index (Phi) is 16.0. The summed E-state index contributed by atoms with van der Waals surface area (Å²) in [6.45, 7) is 2.88. The predicted octanol–water partition coefficient (Wildman–Crippen LogP) is 5.05. The Hall–Kier alpha value is -2.91. The minimum atomic E-state index is -5.07. The number of rotatable bonds is 15. The van der Waals surface area contributed by atoms with Gasteiger partial charge in [0.05, 0.1) is 23.2 Å². The molecule has 0 aliphatic heterocycles. The lowest BCUT2D eigenvalue weighted by molar-refractivity contribution is -0.215. The molecular formula is C29H36Cl3F5N4O5. The summed E-state index contributed by atoms with van der Waals surface area (Å²) in [6, 6.07) is 3.23. The molecule has 0 heterocycles. The fraction of sp³-hybridized carbons (Fsp3) is 0.483. The van der Waals surface area contributed by atoms with Gasteiger partial charge in [-0.2, -0.15) is 22.0 Å². The van der Waals surface area contributed by atoms with Crippen LogP contribution in [-0.4, -0.2) is 60.8 Å². The molecule has 9 nitrogen and oxygen atoms in total. The monoisotopic (exact) mass is 720 g/mol. The number of hydrogen-bond acceptors (Lipinski definition) is 6. The second-order valence-electron chi connectivity index (χ2n) is 10.5. The van der Waals surface area contributed by atoms with Gasteiger partial charge in [0, 0.05) is 5.56 Å². The van der Waals surface area contributed by atoms with Gasteiger partial charge in [-0.05, 0) is 61.6 Å². The minimum absolute atomic E-state index is 0. The molecule has 2 rings (SSSR count). The van der Waals surface area contributed by atoms with Gasteiger partial charge in [-0.15, -0.1) is 12.4 Å². The molecule has 0 saturated heterocycles. The topological polar surface area (TPSA) is 143 Å². The number of carbonyl (C=O) groups excluding carboxylic acids is 3. The van der Waals surface area contributed by atoms with Crippen molar-refractivity contribution in [2.75, 3.05) is 13.7 Å². The van der Waals surface area contributed by atoms with Crippen LogP contribution in [0.25, 0.3) is 0 Å². The molecule has 4 atom stereocenters. The highest BCUT2D eigenvalue weighted by Gasteiger charge is 2.46. The van der Waals surface area contributed by atoms with Gasteiger partial charge in [0.1, 0.15) is 17.8 Å². The lowest BCUT2D eigenvalue weighted by Gasteiger charge is -2.31. The summed E-state index contributed by atoms with van der Waals surface area (Å²) in [4.78, 5) is 39.7. The fourth-order valence-electron chi connectivity index (χ4n) is 4.23. The van der Waals surface area contributed by atoms with Crippen LogP contribution in [-0.2, 0) is 20.3 Å². The molecule has 0 aliphatic rings. The molecule has 2 aromatic rings. The van der Waals surface area contributed by atoms with Crippen molar-refractivity contribution in [3.63, 3.8) is 0 Å². The zero-order chi connectivity index (χ0) is 34.1. The Bertz CT molecular complexity index is 1320. The molecule has 0 spiro atoms. The molecule has 46 heavy (non-hydrogen) atoms. The first-order chi connectivity index (χ1) is 20.9. The summed E-state index contributed by atoms with van der Waals surface area (Å²) in [5, 5.41) is 16.1. The van der Waals surface area contributed by atoms with E-state index < -0.39 is 65.5 Å². The minimum Gasteiger partial charge on any atom is -0.497 e. The number of halogens is 8. The Balaban J connectivity index is 0.0000106. The third-order valence-electron chi connectivity index (χ3n) is 6.84. The molecular weight excluding hydrogens is 686 g/mol. The van der Waals surface area contributed by atoms with E-state index >= 15 is 8.78 Å². The van der Waals surface area contributed by atoms with Gasteiger partial charge in [-0.25, -0.2) is 0 Å². The van der Waals surface area contributed by atoms with Crippen molar-refractivity contribution < 1.29 is 46.2 Å². The van der Waals surface area contributed by atoms with Gasteiger partial charge in [-0.3, -0.25) is 14.4 Å². The number of nitrogens with two attached hydrogens (primary N) is 1. The average molecular weight is 722 g/mol. The van der Waals surface area contributed by atoms with E-state index in [1.54, 1.807) is 0 Å². The van der Waals surface area contributed by atoms with Gasteiger partial charge in [0.15, 0.2) is 6.10 Å². The fourth-order valence-corrected chi connectivity index (χ4v) is 4.53. The zero-order valence-corrected chi connectivity index (χ0v) is 27.3. The maximum absolute atomic E-state index is 15.1. The molecule has 4 unspecified atom stereocenters. The number of unbranched alkanes of at least 4 members (excludes halogenated alkanes) is 1. The van der Waals surface area contributed by atoms with Gasteiger partial charge in [-0.1, -0.05) is 55.2 Å². The van der Waals surface area contributed by atoms with E-state index in [4.69, 9.17) is 33.7 Å². The molecule has 3 amide bonds. The Labute approximate surface area is 279 Å². The van der Waals surface area contributed by atoms with Crippen molar-refractivity contribution in [3.05, 3.63) is 63.6 Å². The van der Waals surface area contributed by atoms with Gasteiger partial charge < -0.3 is 31.5 Å². The van der Waals surface area contributed by atoms with E-state index in [0.717, 1.165) is 18.2 Å². The molecule has 0 radical (unpaired) electrons. The van der Waals surface area contributed by atoms with Crippen LogP contribution in [0.4, 0.5) is 22.0 Å². The molecule has 0 saturated carbocycles. The quantitative estimate of drug-likeness (QED) is 0.129. The van der Waals surface area contributed by atoms with Gasteiger partial charge >= 0.3 is 12.1 Å². The van der Waals surface area contributed by atoms with E-state index in [9.17, 15) is 32.7 Å². The molecule has 258 valence electrons. The van der Waals surface area contributed by atoms with Crippen LogP contribution in [0.2, 0.25) is 10.0 Å². The van der Waals surface area contributed by atoms with Crippen LogP contribution in [0.15, 0.2) is 42.5 Å². The maximum Gasteiger partial charge on any atom is 0.416 e. The second kappa shape index (κ2) is 17.9. The third-order valence-corrected chi connectivity index (χ3v) is 7.58. The SMILES string of the molecule is COc1ccc(C(NC(=O)C(CCCCN)NC(=O)C(F)(F)c2ccc(Cl)c(Cl)c2)C(=O)NC(C(C)C)C(O)C(F)(F)F)cc1.Cl. The first-order valence-corrected chi connectivity index (χ1v) is 14.5. The molecule has 0 fully saturated rings. The first-order valence-electron chi connectivity index (χ1n) is 13.8. The van der Waals surface area contributed by atoms with Gasteiger partial charge in [0.2, 0.25) is 11.8 Å². The number of aliphatic hydroxyl groups excluding tert-OH is 1. The summed E-state index contributed by atoms with van der Waals surface area (Å²) < 4.78 is 75.4. The van der Waals surface area contributed by atoms with Crippen molar-refractivity contribution in [2.24, 2.45) is 11.7 Å². The molecule has 0 aliphatic carbocycles. The Morgan fingerprint density at radius 1 is 0.913 bits per heavy atom. The highest BCUT2D eigenvalue weighted by atomic mass is 35.5. The summed E-state index contributed by atoms with van der Waals surface area (Å²) in [5.41, 5.74) is 4.80. The average Bonchev–Trinajstić information content (AvgIpc) is 2.98. The van der Waals surface area contributed by atoms with Gasteiger partial charge in [0.25, 0.3) is 5.91 Å². The number of nitrogens with one attached hydrogen (secondary N) is 3. The van der Waals surface area contributed by atoms with Crippen LogP contribution in [0.5, 0.6) is 5.75 Å². The number of methoxy groups -OCH3 is 1. The lowest BCUT2D eigenvalue weighted by Crippen LogP contribution is -2.56. The normalized spacial score (nSPS) is 14.4. The summed E-state index contributed by atoms with van der Waals surface area (Å²) in [6.07, 6.45) is -7.61. The highest BCUT2D eigenvalue weighted by molar-refractivity contribution is 6.42. The van der Waals surface area contributed by atoms with Crippen molar-refractivity contribution >= 4 is 53.3 Å². The van der Waals surface area contributed by atoms with E-state index in [1.807, 2.05) is 5.32 Å². The first kappa shape index (κ1) is 41.1. The van der Waals surface area contributed by atoms with Crippen molar-refractivity contribution in [2.45, 2.75) is 69.4 Å². The number of benzene rings is 2. The third kappa shape index (κ3) is 11.1. The molecule has 0 bridgehead atoms. The van der Waals surface area contributed by atoms with E-state index in [1.165, 1.54) is 45.2 Å². The largest absolute Gasteiger partial charge is 0.497 e. The summed E-state index contributed by atoms with van der Waals surface area (Å²) in [5.74, 6) is -8.78. The maximum atomic E-state index is 15.1. The highest BCUT2D eigenvalue weighted by Crippen LogP contribution is 2.33. The van der Waals surface area contributed by atoms with Crippen LogP contribution in [0.1, 0.15) is 50.3 Å². The lowest BCUT2D eigenvalue weighted by atomic mass is 9.96. The number of aliphatic hydroxyl groups is 1. The number of hydrogen-bond donors (Lipinski definition) is 5. The standard InChI is InChI=1S/C29H35Cl2F5N4O5.ClH/c1-15(2)22(24(41)29(34,35)36)39-26(43)23(16-7-10-18(45-3)11-8-16)40-25(42)21(6-4-5-13-37)38-27(44)28(32,33)17-9-12-19(30)20(31)14-17;/h7-12,14-15,21-24,41H,4-6,13,37H2,1-3H3,(H,38,44)(H,39,43)(H,40,42);1H. The number of carbonyl (C=O) groups is 3. The molecule has 6 N–H and O–H groups in total. The van der Waals surface area contributed by atoms with Crippen molar-refractivity contribution in [1.82, 2.24) is 16.0 Å². The molecule has 17 heteroatoms. The molecule has 2 aromatic carbocycles. The van der Waals surface area contributed by atoms with E-state index in [-0.39, 0.29) is 47.4 Å². The van der Waals surface area contributed by atoms with Crippen LogP contribution >= 0.6 is 35.6 Å². The van der Waals surface area contributed by atoms with E-state index in [0.29, 0.717) is 12.2 Å². The second-order valence-corrected chi connectivity index (χ2v) is 11.3. The summed E-state index contributed by atoms with van der Waals surface area (Å²) in [7, 11) is 1.37. The smallest absolute Gasteiger partial charge is 0.416 e. The van der Waals surface area contributed by atoms with Crippen LogP contribution in [0.3, 0.4) is 0 Å². The van der Waals surface area contributed by atoms with Crippen LogP contribution < -0.4 is 26.4 Å². The summed E-state index contributed by atoms with van der Waals surface area (Å²) >= 11 is 11.6. The Morgan fingerprint density at radius 3 is 2.02 bits per heavy atom. The van der Waals surface area contributed by atoms with Crippen molar-refractivity contribution in [3.8, 4) is 5.75 Å². The van der Waals surface area contributed by atoms with Crippen LogP contribution in [0, 0.1) is 5.92 Å². The number of amides is 3. The van der Waals surface area contributed by atoms with E-state index in [2.05, 4.69) is 10.6 Å². The predicted molar refractivity (Wildman–Crippen MR) is 165 cm³/mol. The number of alkyl halides is 5. The zero-order valence-electron chi connectivity index (χ0n) is 25.0. The Morgan fingerprint density at radius 2 is 1.52 bits per heavy atom. The number of ether oxygens (including phenoxy) is 1. The molecule has 0 aromatic heterocycles. The van der Waals surface area contributed by atoms with Crippen molar-refractivity contribution in [1.29, 1.82) is 0 Å².